The Balaban J connectivity index is 1.64. The highest BCUT2D eigenvalue weighted by Gasteiger charge is 2.47. The van der Waals surface area contributed by atoms with Crippen LogP contribution < -0.4 is 5.32 Å². The topological polar surface area (TPSA) is 44.8 Å². The fourth-order valence-corrected chi connectivity index (χ4v) is 3.97. The molecule has 0 spiro atoms. The van der Waals surface area contributed by atoms with Crippen molar-refractivity contribution in [3.05, 3.63) is 0 Å². The van der Waals surface area contributed by atoms with Crippen molar-refractivity contribution < 1.29 is 9.53 Å². The molecule has 3 saturated heterocycles. The fraction of sp³-hybridized carbons (Fsp3) is 0.938. The summed E-state index contributed by atoms with van der Waals surface area (Å²) in [6.45, 7) is 9.97. The fourth-order valence-electron chi connectivity index (χ4n) is 3.97. The van der Waals surface area contributed by atoms with Crippen molar-refractivity contribution in [3.8, 4) is 0 Å². The Morgan fingerprint density at radius 3 is 2.95 bits per heavy atom. The first-order valence-electron chi connectivity index (χ1n) is 8.51. The third-order valence-corrected chi connectivity index (χ3v) is 5.55. The molecule has 0 aliphatic carbocycles. The lowest BCUT2D eigenvalue weighted by atomic mass is 9.99. The van der Waals surface area contributed by atoms with Crippen molar-refractivity contribution in [1.29, 1.82) is 0 Å². The van der Waals surface area contributed by atoms with E-state index < -0.39 is 5.54 Å². The van der Waals surface area contributed by atoms with Gasteiger partial charge in [-0.15, -0.1) is 0 Å². The molecule has 4 unspecified atom stereocenters. The van der Waals surface area contributed by atoms with Gasteiger partial charge in [-0.2, -0.15) is 0 Å². The number of hydrogen-bond acceptors (Lipinski definition) is 4. The van der Waals surface area contributed by atoms with Crippen LogP contribution in [0.1, 0.15) is 46.5 Å². The molecule has 0 aromatic rings. The number of amides is 1. The van der Waals surface area contributed by atoms with Gasteiger partial charge < -0.3 is 9.64 Å². The largest absolute Gasteiger partial charge is 0.373 e. The Morgan fingerprint density at radius 2 is 2.24 bits per heavy atom. The van der Waals surface area contributed by atoms with Crippen LogP contribution in [0, 0.1) is 0 Å². The predicted molar refractivity (Wildman–Crippen MR) is 82.0 cm³/mol. The minimum Gasteiger partial charge on any atom is -0.373 e. The van der Waals surface area contributed by atoms with Crippen LogP contribution in [-0.2, 0) is 9.53 Å². The predicted octanol–water partition coefficient (Wildman–Crippen LogP) is 1.19. The van der Waals surface area contributed by atoms with Gasteiger partial charge in [0, 0.05) is 19.1 Å². The maximum Gasteiger partial charge on any atom is 0.243 e. The molecule has 0 aromatic carbocycles. The minimum atomic E-state index is -0.397. The molecule has 4 atom stereocenters. The monoisotopic (exact) mass is 295 g/mol. The highest BCUT2D eigenvalue weighted by atomic mass is 16.5. The number of carbonyl (C=O) groups excluding carboxylic acids is 1. The Morgan fingerprint density at radius 1 is 1.43 bits per heavy atom. The first-order valence-corrected chi connectivity index (χ1v) is 8.51. The molecule has 1 amide bonds. The van der Waals surface area contributed by atoms with Gasteiger partial charge in [0.05, 0.1) is 24.4 Å². The Bertz CT molecular complexity index is 403. The summed E-state index contributed by atoms with van der Waals surface area (Å²) in [6, 6.07) is 0.622. The zero-order valence-corrected chi connectivity index (χ0v) is 13.6. The maximum absolute atomic E-state index is 12.7. The van der Waals surface area contributed by atoms with Gasteiger partial charge in [0.25, 0.3) is 0 Å². The van der Waals surface area contributed by atoms with Gasteiger partial charge in [0.1, 0.15) is 0 Å². The number of ether oxygens (including phenoxy) is 1. The molecular formula is C16H29N3O2. The summed E-state index contributed by atoms with van der Waals surface area (Å²) < 4.78 is 6.03. The molecule has 0 radical (unpaired) electrons. The van der Waals surface area contributed by atoms with Gasteiger partial charge in [-0.05, 0) is 39.2 Å². The molecule has 120 valence electrons. The molecule has 5 nitrogen and oxygen atoms in total. The zero-order valence-electron chi connectivity index (χ0n) is 13.6. The molecule has 3 fully saturated rings. The van der Waals surface area contributed by atoms with Crippen LogP contribution >= 0.6 is 0 Å². The number of fused-ring (bicyclic) bond motifs is 1. The van der Waals surface area contributed by atoms with Gasteiger partial charge in [0.2, 0.25) is 5.91 Å². The molecule has 0 bridgehead atoms. The summed E-state index contributed by atoms with van der Waals surface area (Å²) in [7, 11) is 0. The molecule has 21 heavy (non-hydrogen) atoms. The lowest BCUT2D eigenvalue weighted by molar-refractivity contribution is -0.136. The van der Waals surface area contributed by atoms with Crippen LogP contribution in [0.4, 0.5) is 0 Å². The van der Waals surface area contributed by atoms with E-state index >= 15 is 0 Å². The van der Waals surface area contributed by atoms with Gasteiger partial charge in [-0.1, -0.05) is 13.8 Å². The lowest BCUT2D eigenvalue weighted by Gasteiger charge is -2.37. The number of carbonyl (C=O) groups is 1. The molecule has 0 aromatic heterocycles. The van der Waals surface area contributed by atoms with Crippen molar-refractivity contribution in [2.24, 2.45) is 0 Å². The van der Waals surface area contributed by atoms with E-state index in [0.29, 0.717) is 6.04 Å². The number of nitrogens with zero attached hydrogens (tertiary/aromatic N) is 2. The molecular weight excluding hydrogens is 266 g/mol. The van der Waals surface area contributed by atoms with E-state index in [1.807, 2.05) is 11.8 Å². The number of rotatable bonds is 4. The number of morpholine rings is 1. The molecule has 0 saturated carbocycles. The van der Waals surface area contributed by atoms with Crippen LogP contribution in [0.5, 0.6) is 0 Å². The second kappa shape index (κ2) is 5.86. The van der Waals surface area contributed by atoms with E-state index in [1.165, 1.54) is 19.4 Å². The highest BCUT2D eigenvalue weighted by Crippen LogP contribution is 2.28. The summed E-state index contributed by atoms with van der Waals surface area (Å²) in [5.41, 5.74) is -0.397. The minimum absolute atomic E-state index is 0.155. The molecule has 5 heteroatoms. The molecule has 3 heterocycles. The first-order chi connectivity index (χ1) is 10.1. The molecule has 3 rings (SSSR count). The second-order valence-corrected chi connectivity index (χ2v) is 6.96. The average molecular weight is 295 g/mol. The molecule has 3 aliphatic rings. The first kappa shape index (κ1) is 15.3. The third-order valence-electron chi connectivity index (χ3n) is 5.55. The Hall–Kier alpha value is -0.650. The van der Waals surface area contributed by atoms with Crippen LogP contribution in [0.2, 0.25) is 0 Å². The SMILES string of the molecule is CCC1NC(C)(CC)C(=O)N1CC1CN2CCCC2CO1. The van der Waals surface area contributed by atoms with E-state index in [1.54, 1.807) is 0 Å². The summed E-state index contributed by atoms with van der Waals surface area (Å²) in [4.78, 5) is 17.3. The van der Waals surface area contributed by atoms with Crippen LogP contribution in [-0.4, -0.2) is 65.8 Å². The number of nitrogens with one attached hydrogen (secondary N) is 1. The third kappa shape index (κ3) is 2.71. The normalized spacial score (nSPS) is 40.8. The highest BCUT2D eigenvalue weighted by molar-refractivity contribution is 5.88. The average Bonchev–Trinajstić information content (AvgIpc) is 3.05. The Labute approximate surface area is 128 Å². The van der Waals surface area contributed by atoms with E-state index in [9.17, 15) is 4.79 Å². The maximum atomic E-state index is 12.7. The summed E-state index contributed by atoms with van der Waals surface area (Å²) in [5.74, 6) is 0.240. The number of hydrogen-bond donors (Lipinski definition) is 1. The van der Waals surface area contributed by atoms with E-state index in [-0.39, 0.29) is 18.2 Å². The quantitative estimate of drug-likeness (QED) is 0.846. The van der Waals surface area contributed by atoms with Crippen molar-refractivity contribution in [1.82, 2.24) is 15.1 Å². The van der Waals surface area contributed by atoms with Gasteiger partial charge in [0.15, 0.2) is 0 Å². The smallest absolute Gasteiger partial charge is 0.243 e. The van der Waals surface area contributed by atoms with Crippen LogP contribution in [0.3, 0.4) is 0 Å². The van der Waals surface area contributed by atoms with Gasteiger partial charge in [-0.25, -0.2) is 0 Å². The summed E-state index contributed by atoms with van der Waals surface area (Å²) >= 11 is 0. The summed E-state index contributed by atoms with van der Waals surface area (Å²) in [5, 5.41) is 3.51. The van der Waals surface area contributed by atoms with E-state index in [2.05, 4.69) is 24.1 Å². The van der Waals surface area contributed by atoms with Gasteiger partial charge in [-0.3, -0.25) is 15.0 Å². The van der Waals surface area contributed by atoms with Crippen LogP contribution in [0.25, 0.3) is 0 Å². The summed E-state index contributed by atoms with van der Waals surface area (Å²) in [6.07, 6.45) is 4.65. The van der Waals surface area contributed by atoms with Crippen molar-refractivity contribution in [2.75, 3.05) is 26.2 Å². The lowest BCUT2D eigenvalue weighted by Crippen LogP contribution is -2.52. The van der Waals surface area contributed by atoms with E-state index in [4.69, 9.17) is 4.74 Å². The Kier molecular flexibility index (Phi) is 4.26. The van der Waals surface area contributed by atoms with Gasteiger partial charge >= 0.3 is 0 Å². The molecule has 1 N–H and O–H groups in total. The van der Waals surface area contributed by atoms with Crippen molar-refractivity contribution >= 4 is 5.91 Å². The van der Waals surface area contributed by atoms with Crippen LogP contribution in [0.15, 0.2) is 0 Å². The molecule has 3 aliphatic heterocycles. The van der Waals surface area contributed by atoms with E-state index in [0.717, 1.165) is 32.5 Å². The second-order valence-electron chi connectivity index (χ2n) is 6.96. The standard InChI is InChI=1S/C16H29N3O2/c1-4-14-17-16(3,5-2)15(20)19(14)10-13-9-18-8-6-7-12(18)11-21-13/h12-14,17H,4-11H2,1-3H3. The zero-order chi connectivity index (χ0) is 15.0. The van der Waals surface area contributed by atoms with Crippen molar-refractivity contribution in [2.45, 2.75) is 70.3 Å². The van der Waals surface area contributed by atoms with Crippen molar-refractivity contribution in [3.63, 3.8) is 0 Å².